The third-order valence-electron chi connectivity index (χ3n) is 5.17. The average molecular weight is 512 g/mol. The summed E-state index contributed by atoms with van der Waals surface area (Å²) < 4.78 is 10.5. The van der Waals surface area contributed by atoms with Gasteiger partial charge in [-0.3, -0.25) is 14.4 Å². The lowest BCUT2D eigenvalue weighted by Gasteiger charge is -2.16. The van der Waals surface area contributed by atoms with E-state index in [1.807, 2.05) is 0 Å². The first-order valence-corrected chi connectivity index (χ1v) is 11.0. The molecule has 0 saturated heterocycles. The number of carbonyl (C=O) groups is 3. The van der Waals surface area contributed by atoms with E-state index in [2.05, 4.69) is 10.6 Å². The largest absolute Gasteiger partial charge is 0.497 e. The normalized spacial score (nSPS) is 13.2. The van der Waals surface area contributed by atoms with Crippen LogP contribution in [-0.4, -0.2) is 31.9 Å². The molecule has 0 bridgehead atoms. The van der Waals surface area contributed by atoms with Crippen LogP contribution >= 0.6 is 23.2 Å². The van der Waals surface area contributed by atoms with Crippen molar-refractivity contribution in [1.29, 1.82) is 0 Å². The molecule has 0 radical (unpaired) electrons. The van der Waals surface area contributed by atoms with E-state index in [0.29, 0.717) is 28.4 Å². The van der Waals surface area contributed by atoms with E-state index < -0.39 is 17.7 Å². The molecule has 1 heterocycles. The fraction of sp³-hybridized carbons (Fsp3) is 0.0800. The molecule has 35 heavy (non-hydrogen) atoms. The minimum atomic E-state index is -0.701. The van der Waals surface area contributed by atoms with E-state index in [9.17, 15) is 14.4 Å². The Labute approximate surface area is 211 Å². The highest BCUT2D eigenvalue weighted by atomic mass is 35.5. The average Bonchev–Trinajstić information content (AvgIpc) is 3.07. The topological polar surface area (TPSA) is 97.0 Å². The van der Waals surface area contributed by atoms with Gasteiger partial charge in [0.1, 0.15) is 22.2 Å². The van der Waals surface area contributed by atoms with Gasteiger partial charge >= 0.3 is 0 Å². The standard InChI is InChI=1S/C25H19Cl2N3O5/c1-34-16-10-11-18(20(13-16)35-2)29-23(31)14-6-5-7-15(12-14)28-22-21(27)24(32)30(25(22)33)19-9-4-3-8-17(19)26/h3-13,28H,1-2H3,(H,29,31). The van der Waals surface area contributed by atoms with Crippen molar-refractivity contribution in [2.45, 2.75) is 0 Å². The number of ether oxygens (including phenoxy) is 2. The van der Waals surface area contributed by atoms with Crippen molar-refractivity contribution in [3.8, 4) is 11.5 Å². The second-order valence-corrected chi connectivity index (χ2v) is 8.10. The third kappa shape index (κ3) is 4.80. The van der Waals surface area contributed by atoms with E-state index in [0.717, 1.165) is 4.90 Å². The molecule has 1 aliphatic rings. The number of hydrogen-bond donors (Lipinski definition) is 2. The van der Waals surface area contributed by atoms with Gasteiger partial charge in [-0.25, -0.2) is 4.90 Å². The van der Waals surface area contributed by atoms with Crippen molar-refractivity contribution in [3.63, 3.8) is 0 Å². The maximum absolute atomic E-state index is 13.0. The smallest absolute Gasteiger partial charge is 0.283 e. The third-order valence-corrected chi connectivity index (χ3v) is 5.84. The lowest BCUT2D eigenvalue weighted by molar-refractivity contribution is -0.120. The zero-order valence-corrected chi connectivity index (χ0v) is 20.1. The van der Waals surface area contributed by atoms with Crippen LogP contribution in [0.4, 0.5) is 17.1 Å². The van der Waals surface area contributed by atoms with Crippen LogP contribution in [0.3, 0.4) is 0 Å². The maximum Gasteiger partial charge on any atom is 0.283 e. The Kier molecular flexibility index (Phi) is 6.95. The molecule has 1 aliphatic heterocycles. The molecular formula is C25H19Cl2N3O5. The molecule has 3 aromatic rings. The predicted molar refractivity (Wildman–Crippen MR) is 134 cm³/mol. The van der Waals surface area contributed by atoms with Gasteiger partial charge in [0, 0.05) is 17.3 Å². The van der Waals surface area contributed by atoms with Gasteiger partial charge in [0.2, 0.25) is 0 Å². The van der Waals surface area contributed by atoms with E-state index >= 15 is 0 Å². The molecule has 8 nitrogen and oxygen atoms in total. The first kappa shape index (κ1) is 24.1. The first-order valence-electron chi connectivity index (χ1n) is 10.3. The number of halogens is 2. The number of imide groups is 1. The van der Waals surface area contributed by atoms with Crippen LogP contribution in [0, 0.1) is 0 Å². The fourth-order valence-corrected chi connectivity index (χ4v) is 3.87. The van der Waals surface area contributed by atoms with Crippen LogP contribution in [0.2, 0.25) is 5.02 Å². The second-order valence-electron chi connectivity index (χ2n) is 7.31. The van der Waals surface area contributed by atoms with Crippen molar-refractivity contribution >= 4 is 58.0 Å². The monoisotopic (exact) mass is 511 g/mol. The first-order chi connectivity index (χ1) is 16.8. The molecule has 10 heteroatoms. The molecular weight excluding hydrogens is 493 g/mol. The second kappa shape index (κ2) is 10.1. The number of anilines is 3. The summed E-state index contributed by atoms with van der Waals surface area (Å²) in [7, 11) is 3.02. The van der Waals surface area contributed by atoms with Gasteiger partial charge in [0.25, 0.3) is 17.7 Å². The van der Waals surface area contributed by atoms with E-state index in [4.69, 9.17) is 32.7 Å². The Bertz CT molecular complexity index is 1370. The summed E-state index contributed by atoms with van der Waals surface area (Å²) in [5.74, 6) is -0.765. The zero-order chi connectivity index (χ0) is 25.1. The fourth-order valence-electron chi connectivity index (χ4n) is 3.44. The molecule has 0 fully saturated rings. The number of nitrogens with one attached hydrogen (secondary N) is 2. The van der Waals surface area contributed by atoms with Crippen molar-refractivity contribution in [3.05, 3.63) is 88.0 Å². The molecule has 178 valence electrons. The van der Waals surface area contributed by atoms with Crippen LogP contribution in [0.25, 0.3) is 0 Å². The van der Waals surface area contributed by atoms with E-state index in [1.54, 1.807) is 60.7 Å². The number of rotatable bonds is 7. The summed E-state index contributed by atoms with van der Waals surface area (Å²) in [6.45, 7) is 0. The van der Waals surface area contributed by atoms with Crippen LogP contribution in [0.15, 0.2) is 77.5 Å². The van der Waals surface area contributed by atoms with Gasteiger partial charge in [-0.15, -0.1) is 0 Å². The predicted octanol–water partition coefficient (Wildman–Crippen LogP) is 5.05. The molecule has 0 atom stereocenters. The molecule has 2 N–H and O–H groups in total. The Balaban J connectivity index is 1.55. The van der Waals surface area contributed by atoms with Crippen molar-refractivity contribution in [1.82, 2.24) is 0 Å². The lowest BCUT2D eigenvalue weighted by atomic mass is 10.1. The van der Waals surface area contributed by atoms with Crippen LogP contribution in [0.1, 0.15) is 10.4 Å². The molecule has 0 aromatic heterocycles. The number of benzene rings is 3. The van der Waals surface area contributed by atoms with E-state index in [1.165, 1.54) is 20.3 Å². The minimum absolute atomic E-state index is 0.119. The molecule has 0 aliphatic carbocycles. The Morgan fingerprint density at radius 3 is 2.37 bits per heavy atom. The van der Waals surface area contributed by atoms with Gasteiger partial charge in [0.05, 0.1) is 30.6 Å². The van der Waals surface area contributed by atoms with Gasteiger partial charge in [0.15, 0.2) is 0 Å². The number of carbonyl (C=O) groups excluding carboxylic acids is 3. The van der Waals surface area contributed by atoms with Gasteiger partial charge in [-0.05, 0) is 42.5 Å². The summed E-state index contributed by atoms with van der Waals surface area (Å²) in [6, 6.07) is 17.8. The van der Waals surface area contributed by atoms with Gasteiger partial charge < -0.3 is 20.1 Å². The van der Waals surface area contributed by atoms with Crippen LogP contribution in [0.5, 0.6) is 11.5 Å². The Morgan fingerprint density at radius 2 is 1.66 bits per heavy atom. The number of amides is 3. The molecule has 0 saturated carbocycles. The van der Waals surface area contributed by atoms with Gasteiger partial charge in [-0.2, -0.15) is 0 Å². The summed E-state index contributed by atoms with van der Waals surface area (Å²) in [6.07, 6.45) is 0. The number of nitrogens with zero attached hydrogens (tertiary/aromatic N) is 1. The number of para-hydroxylation sites is 1. The highest BCUT2D eigenvalue weighted by molar-refractivity contribution is 6.53. The Morgan fingerprint density at radius 1 is 0.886 bits per heavy atom. The van der Waals surface area contributed by atoms with Crippen LogP contribution in [-0.2, 0) is 9.59 Å². The molecule has 3 aromatic carbocycles. The van der Waals surface area contributed by atoms with Gasteiger partial charge in [-0.1, -0.05) is 41.4 Å². The highest BCUT2D eigenvalue weighted by Gasteiger charge is 2.39. The highest BCUT2D eigenvalue weighted by Crippen LogP contribution is 2.34. The molecule has 0 unspecified atom stereocenters. The summed E-state index contributed by atoms with van der Waals surface area (Å²) in [4.78, 5) is 39.5. The molecule has 4 rings (SSSR count). The SMILES string of the molecule is COc1ccc(NC(=O)c2cccc(NC3=C(Cl)C(=O)N(c4ccccc4Cl)C3=O)c2)c(OC)c1. The number of hydrogen-bond acceptors (Lipinski definition) is 6. The minimum Gasteiger partial charge on any atom is -0.497 e. The number of methoxy groups -OCH3 is 2. The maximum atomic E-state index is 13.0. The summed E-state index contributed by atoms with van der Waals surface area (Å²) in [5, 5.41) is 5.58. The van der Waals surface area contributed by atoms with Crippen molar-refractivity contribution < 1.29 is 23.9 Å². The summed E-state index contributed by atoms with van der Waals surface area (Å²) in [5.41, 5.74) is 1.24. The van der Waals surface area contributed by atoms with E-state index in [-0.39, 0.29) is 21.4 Å². The van der Waals surface area contributed by atoms with Crippen LogP contribution < -0.4 is 25.0 Å². The van der Waals surface area contributed by atoms with Crippen molar-refractivity contribution in [2.24, 2.45) is 0 Å². The molecule has 0 spiro atoms. The molecule has 3 amide bonds. The lowest BCUT2D eigenvalue weighted by Crippen LogP contribution is -2.32. The zero-order valence-electron chi connectivity index (χ0n) is 18.6. The van der Waals surface area contributed by atoms with Crippen molar-refractivity contribution in [2.75, 3.05) is 29.8 Å². The quantitative estimate of drug-likeness (QED) is 0.431. The summed E-state index contributed by atoms with van der Waals surface area (Å²) >= 11 is 12.4. The Hall–Kier alpha value is -4.01.